The van der Waals surface area contributed by atoms with Crippen LogP contribution in [0.25, 0.3) is 0 Å². The molecule has 0 bridgehead atoms. The monoisotopic (exact) mass is 302 g/mol. The van der Waals surface area contributed by atoms with Gasteiger partial charge in [-0.25, -0.2) is 0 Å². The summed E-state index contributed by atoms with van der Waals surface area (Å²) in [6.45, 7) is 12.3. The van der Waals surface area contributed by atoms with Gasteiger partial charge in [0.25, 0.3) is 0 Å². The van der Waals surface area contributed by atoms with Gasteiger partial charge in [0.2, 0.25) is 0 Å². The Morgan fingerprint density at radius 2 is 2.00 bits per heavy atom. The number of piperidine rings is 1. The third-order valence-corrected chi connectivity index (χ3v) is 5.39. The van der Waals surface area contributed by atoms with E-state index in [0.29, 0.717) is 11.5 Å². The largest absolute Gasteiger partial charge is 0.493 e. The standard InChI is InChI=1S/C19H30N2O/c1-15(2)21-10-7-19(3,8-11-21)14-22-18-5-4-16-6-9-20-13-17(16)12-18/h4-5,12,15,20H,6-11,13-14H2,1-3H3. The van der Waals surface area contributed by atoms with Gasteiger partial charge in [-0.3, -0.25) is 0 Å². The Morgan fingerprint density at radius 1 is 1.23 bits per heavy atom. The van der Waals surface area contributed by atoms with E-state index in [4.69, 9.17) is 4.74 Å². The highest BCUT2D eigenvalue weighted by atomic mass is 16.5. The molecule has 0 amide bonds. The van der Waals surface area contributed by atoms with Crippen molar-refractivity contribution < 1.29 is 4.74 Å². The molecule has 0 aromatic heterocycles. The van der Waals surface area contributed by atoms with Gasteiger partial charge in [-0.1, -0.05) is 13.0 Å². The third kappa shape index (κ3) is 3.64. The number of rotatable bonds is 4. The lowest BCUT2D eigenvalue weighted by atomic mass is 9.81. The van der Waals surface area contributed by atoms with Crippen molar-refractivity contribution in [1.29, 1.82) is 0 Å². The average molecular weight is 302 g/mol. The molecule has 1 saturated heterocycles. The second-order valence-corrected chi connectivity index (χ2v) is 7.59. The molecule has 2 aliphatic rings. The highest BCUT2D eigenvalue weighted by molar-refractivity contribution is 5.37. The number of fused-ring (bicyclic) bond motifs is 1. The molecule has 2 aliphatic heterocycles. The number of likely N-dealkylation sites (tertiary alicyclic amines) is 1. The lowest BCUT2D eigenvalue weighted by Gasteiger charge is -2.40. The number of hydrogen-bond acceptors (Lipinski definition) is 3. The van der Waals surface area contributed by atoms with Crippen molar-refractivity contribution in [3.05, 3.63) is 29.3 Å². The molecule has 1 aromatic rings. The molecule has 1 aromatic carbocycles. The summed E-state index contributed by atoms with van der Waals surface area (Å²) in [6, 6.07) is 7.29. The van der Waals surface area contributed by atoms with Crippen molar-refractivity contribution in [3.63, 3.8) is 0 Å². The minimum Gasteiger partial charge on any atom is -0.493 e. The lowest BCUT2D eigenvalue weighted by Crippen LogP contribution is -2.44. The first-order valence-corrected chi connectivity index (χ1v) is 8.75. The number of ether oxygens (including phenoxy) is 1. The molecule has 0 aliphatic carbocycles. The topological polar surface area (TPSA) is 24.5 Å². The molecule has 122 valence electrons. The lowest BCUT2D eigenvalue weighted by molar-refractivity contribution is 0.0552. The molecule has 3 nitrogen and oxygen atoms in total. The van der Waals surface area contributed by atoms with Gasteiger partial charge >= 0.3 is 0 Å². The first-order chi connectivity index (χ1) is 10.6. The van der Waals surface area contributed by atoms with E-state index in [1.54, 1.807) is 0 Å². The van der Waals surface area contributed by atoms with E-state index in [9.17, 15) is 0 Å². The van der Waals surface area contributed by atoms with E-state index in [1.165, 1.54) is 37.1 Å². The predicted molar refractivity (Wildman–Crippen MR) is 91.4 cm³/mol. The van der Waals surface area contributed by atoms with Gasteiger partial charge in [-0.2, -0.15) is 0 Å². The van der Waals surface area contributed by atoms with Crippen molar-refractivity contribution in [3.8, 4) is 5.75 Å². The van der Waals surface area contributed by atoms with E-state index in [-0.39, 0.29) is 0 Å². The fraction of sp³-hybridized carbons (Fsp3) is 0.684. The summed E-state index contributed by atoms with van der Waals surface area (Å²) in [7, 11) is 0. The Balaban J connectivity index is 1.56. The van der Waals surface area contributed by atoms with Crippen LogP contribution in [-0.2, 0) is 13.0 Å². The molecule has 3 rings (SSSR count). The fourth-order valence-electron chi connectivity index (χ4n) is 3.53. The summed E-state index contributed by atoms with van der Waals surface area (Å²) in [5.41, 5.74) is 3.20. The molecule has 0 radical (unpaired) electrons. The summed E-state index contributed by atoms with van der Waals surface area (Å²) in [5.74, 6) is 1.04. The Morgan fingerprint density at radius 3 is 2.73 bits per heavy atom. The Kier molecular flexibility index (Phi) is 4.74. The molecule has 0 atom stereocenters. The predicted octanol–water partition coefficient (Wildman–Crippen LogP) is 3.22. The normalized spacial score (nSPS) is 21.6. The quantitative estimate of drug-likeness (QED) is 0.924. The first kappa shape index (κ1) is 15.8. The zero-order valence-corrected chi connectivity index (χ0v) is 14.3. The molecular weight excluding hydrogens is 272 g/mol. The summed E-state index contributed by atoms with van der Waals surface area (Å²) in [6.07, 6.45) is 3.60. The molecule has 1 N–H and O–H groups in total. The van der Waals surface area contributed by atoms with Gasteiger partial charge in [0, 0.05) is 18.0 Å². The van der Waals surface area contributed by atoms with Gasteiger partial charge in [0.1, 0.15) is 5.75 Å². The summed E-state index contributed by atoms with van der Waals surface area (Å²) in [5, 5.41) is 3.44. The third-order valence-electron chi connectivity index (χ3n) is 5.39. The summed E-state index contributed by atoms with van der Waals surface area (Å²) in [4.78, 5) is 2.58. The van der Waals surface area contributed by atoms with Crippen LogP contribution < -0.4 is 10.1 Å². The highest BCUT2D eigenvalue weighted by Crippen LogP contribution is 2.32. The molecule has 3 heteroatoms. The Bertz CT molecular complexity index is 504. The van der Waals surface area contributed by atoms with Crippen LogP contribution in [0, 0.1) is 5.41 Å². The highest BCUT2D eigenvalue weighted by Gasteiger charge is 2.31. The average Bonchev–Trinajstić information content (AvgIpc) is 2.53. The van der Waals surface area contributed by atoms with Crippen molar-refractivity contribution in [2.75, 3.05) is 26.2 Å². The van der Waals surface area contributed by atoms with Gasteiger partial charge in [0.05, 0.1) is 6.61 Å². The molecule has 22 heavy (non-hydrogen) atoms. The minimum atomic E-state index is 0.319. The zero-order chi connectivity index (χ0) is 15.6. The van der Waals surface area contributed by atoms with E-state index in [1.807, 2.05) is 0 Å². The van der Waals surface area contributed by atoms with Gasteiger partial charge < -0.3 is 15.0 Å². The van der Waals surface area contributed by atoms with Crippen LogP contribution in [0.5, 0.6) is 5.75 Å². The Hall–Kier alpha value is -1.06. The van der Waals surface area contributed by atoms with E-state index < -0.39 is 0 Å². The Labute approximate surface area is 135 Å². The van der Waals surface area contributed by atoms with Gasteiger partial charge in [-0.05, 0) is 76.0 Å². The maximum Gasteiger partial charge on any atom is 0.119 e. The molecule has 0 saturated carbocycles. The van der Waals surface area contributed by atoms with E-state index in [0.717, 1.165) is 31.9 Å². The van der Waals surface area contributed by atoms with Crippen LogP contribution in [0.15, 0.2) is 18.2 Å². The summed E-state index contributed by atoms with van der Waals surface area (Å²) >= 11 is 0. The van der Waals surface area contributed by atoms with Crippen LogP contribution in [-0.4, -0.2) is 37.2 Å². The fourth-order valence-corrected chi connectivity index (χ4v) is 3.53. The van der Waals surface area contributed by atoms with Crippen LogP contribution in [0.2, 0.25) is 0 Å². The number of benzene rings is 1. The van der Waals surface area contributed by atoms with Crippen LogP contribution in [0.1, 0.15) is 44.7 Å². The second-order valence-electron chi connectivity index (χ2n) is 7.59. The van der Waals surface area contributed by atoms with Crippen molar-refractivity contribution in [1.82, 2.24) is 10.2 Å². The molecule has 0 spiro atoms. The van der Waals surface area contributed by atoms with E-state index >= 15 is 0 Å². The molecular formula is C19H30N2O. The van der Waals surface area contributed by atoms with Crippen LogP contribution in [0.4, 0.5) is 0 Å². The second kappa shape index (κ2) is 6.59. The molecule has 1 fully saturated rings. The van der Waals surface area contributed by atoms with Crippen molar-refractivity contribution >= 4 is 0 Å². The zero-order valence-electron chi connectivity index (χ0n) is 14.3. The van der Waals surface area contributed by atoms with Crippen molar-refractivity contribution in [2.45, 2.75) is 52.6 Å². The number of nitrogens with one attached hydrogen (secondary N) is 1. The maximum atomic E-state index is 6.16. The first-order valence-electron chi connectivity index (χ1n) is 8.75. The molecule has 0 unspecified atom stereocenters. The van der Waals surface area contributed by atoms with Crippen LogP contribution in [0.3, 0.4) is 0 Å². The SMILES string of the molecule is CC(C)N1CCC(C)(COc2ccc3c(c2)CNCC3)CC1. The van der Waals surface area contributed by atoms with Crippen LogP contribution >= 0.6 is 0 Å². The smallest absolute Gasteiger partial charge is 0.119 e. The van der Waals surface area contributed by atoms with Crippen molar-refractivity contribution in [2.24, 2.45) is 5.41 Å². The number of hydrogen-bond donors (Lipinski definition) is 1. The maximum absolute atomic E-state index is 6.16. The van der Waals surface area contributed by atoms with Gasteiger partial charge in [0.15, 0.2) is 0 Å². The van der Waals surface area contributed by atoms with Gasteiger partial charge in [-0.15, -0.1) is 0 Å². The number of nitrogens with zero attached hydrogens (tertiary/aromatic N) is 1. The minimum absolute atomic E-state index is 0.319. The molecule has 2 heterocycles. The summed E-state index contributed by atoms with van der Waals surface area (Å²) < 4.78 is 6.16. The van der Waals surface area contributed by atoms with E-state index in [2.05, 4.69) is 49.2 Å².